The van der Waals surface area contributed by atoms with Crippen LogP contribution in [-0.4, -0.2) is 33.3 Å². The lowest BCUT2D eigenvalue weighted by Gasteiger charge is -2.16. The van der Waals surface area contributed by atoms with Crippen molar-refractivity contribution < 1.29 is 14.1 Å². The van der Waals surface area contributed by atoms with Crippen molar-refractivity contribution in [1.82, 2.24) is 10.2 Å². The fraction of sp³-hybridized carbons (Fsp3) is 0.167. The van der Waals surface area contributed by atoms with Gasteiger partial charge in [-0.05, 0) is 36.2 Å². The maximum atomic E-state index is 12.6. The highest BCUT2D eigenvalue weighted by molar-refractivity contribution is 7.99. The number of rotatable bonds is 5. The Bertz CT molecular complexity index is 1050. The van der Waals surface area contributed by atoms with Crippen LogP contribution in [0.25, 0.3) is 11.5 Å². The summed E-state index contributed by atoms with van der Waals surface area (Å²) >= 11 is 6.99. The Hall–Kier alpha value is -2.91. The highest BCUT2D eigenvalue weighted by Crippen LogP contribution is 2.32. The lowest BCUT2D eigenvalue weighted by molar-refractivity contribution is -0.384. The van der Waals surface area contributed by atoms with Crippen LogP contribution >= 0.6 is 23.4 Å². The minimum atomic E-state index is -0.466. The molecule has 1 amide bonds. The van der Waals surface area contributed by atoms with Gasteiger partial charge in [0.05, 0.1) is 16.4 Å². The predicted octanol–water partition coefficient (Wildman–Crippen LogP) is 3.98. The number of thioether (sulfide) groups is 1. The van der Waals surface area contributed by atoms with Crippen molar-refractivity contribution in [3.63, 3.8) is 0 Å². The fourth-order valence-electron chi connectivity index (χ4n) is 2.92. The van der Waals surface area contributed by atoms with Gasteiger partial charge in [0.15, 0.2) is 0 Å². The number of halogens is 1. The van der Waals surface area contributed by atoms with E-state index in [4.69, 9.17) is 16.0 Å². The van der Waals surface area contributed by atoms with Gasteiger partial charge >= 0.3 is 0 Å². The Labute approximate surface area is 168 Å². The van der Waals surface area contributed by atoms with Crippen LogP contribution in [0.1, 0.15) is 5.56 Å². The first-order chi connectivity index (χ1) is 13.5. The zero-order valence-electron chi connectivity index (χ0n) is 14.4. The Balaban J connectivity index is 1.43. The molecule has 0 bridgehead atoms. The minimum absolute atomic E-state index is 0.0318. The predicted molar refractivity (Wildman–Crippen MR) is 105 cm³/mol. The van der Waals surface area contributed by atoms with Gasteiger partial charge in [-0.1, -0.05) is 29.4 Å². The van der Waals surface area contributed by atoms with Crippen LogP contribution < -0.4 is 4.90 Å². The van der Waals surface area contributed by atoms with Crippen LogP contribution in [0, 0.1) is 10.1 Å². The van der Waals surface area contributed by atoms with Gasteiger partial charge in [-0.25, -0.2) is 0 Å². The first-order valence-corrected chi connectivity index (χ1v) is 9.67. The second kappa shape index (κ2) is 7.61. The zero-order valence-corrected chi connectivity index (χ0v) is 15.9. The Kier molecular flexibility index (Phi) is 5.01. The lowest BCUT2D eigenvalue weighted by Crippen LogP contribution is -2.30. The fourth-order valence-corrected chi connectivity index (χ4v) is 3.68. The molecule has 142 valence electrons. The topological polar surface area (TPSA) is 102 Å². The van der Waals surface area contributed by atoms with E-state index < -0.39 is 4.92 Å². The number of anilines is 1. The molecule has 0 fully saturated rings. The minimum Gasteiger partial charge on any atom is -0.411 e. The van der Waals surface area contributed by atoms with Crippen LogP contribution in [0.3, 0.4) is 0 Å². The van der Waals surface area contributed by atoms with Crippen molar-refractivity contribution in [2.24, 2.45) is 0 Å². The van der Waals surface area contributed by atoms with Gasteiger partial charge < -0.3 is 9.32 Å². The number of hydrogen-bond donors (Lipinski definition) is 0. The third kappa shape index (κ3) is 3.71. The van der Waals surface area contributed by atoms with Crippen LogP contribution in [0.4, 0.5) is 11.4 Å². The molecule has 0 N–H and O–H groups in total. The smallest absolute Gasteiger partial charge is 0.277 e. The first kappa shape index (κ1) is 18.5. The van der Waals surface area contributed by atoms with Gasteiger partial charge in [-0.15, -0.1) is 10.2 Å². The van der Waals surface area contributed by atoms with Crippen LogP contribution in [-0.2, 0) is 11.2 Å². The molecule has 0 radical (unpaired) electrons. The summed E-state index contributed by atoms with van der Waals surface area (Å²) in [5.41, 5.74) is 2.21. The van der Waals surface area contributed by atoms with E-state index in [-0.39, 0.29) is 22.6 Å². The standard InChI is InChI=1S/C18H13ClN4O4S/c19-13-4-1-12(2-5-13)17-20-21-18(27-17)28-10-16(24)22-8-7-11-3-6-14(23(25)26)9-15(11)22/h1-6,9H,7-8,10H2. The molecule has 1 aliphatic rings. The molecule has 1 aliphatic heterocycles. The summed E-state index contributed by atoms with van der Waals surface area (Å²) in [6.45, 7) is 0.496. The summed E-state index contributed by atoms with van der Waals surface area (Å²) < 4.78 is 5.58. The summed E-state index contributed by atoms with van der Waals surface area (Å²) in [6.07, 6.45) is 0.672. The number of hydrogen-bond acceptors (Lipinski definition) is 7. The maximum absolute atomic E-state index is 12.6. The van der Waals surface area contributed by atoms with Crippen molar-refractivity contribution >= 4 is 40.6 Å². The Morgan fingerprint density at radius 3 is 2.79 bits per heavy atom. The molecule has 1 aromatic heterocycles. The van der Waals surface area contributed by atoms with E-state index in [1.165, 1.54) is 12.1 Å². The lowest BCUT2D eigenvalue weighted by atomic mass is 10.1. The zero-order chi connectivity index (χ0) is 19.7. The summed E-state index contributed by atoms with van der Waals surface area (Å²) in [5, 5.41) is 19.8. The van der Waals surface area contributed by atoms with Gasteiger partial charge in [-0.2, -0.15) is 0 Å². The SMILES string of the molecule is O=C(CSc1nnc(-c2ccc(Cl)cc2)o1)N1CCc2ccc([N+](=O)[O-])cc21. The molecule has 0 saturated carbocycles. The number of nitro groups is 1. The number of nitrogens with zero attached hydrogens (tertiary/aromatic N) is 4. The number of aromatic nitrogens is 2. The number of nitro benzene ring substituents is 1. The number of carbonyl (C=O) groups is 1. The third-order valence-corrected chi connectivity index (χ3v) is 5.35. The van der Waals surface area contributed by atoms with E-state index in [1.54, 1.807) is 35.2 Å². The molecule has 0 spiro atoms. The van der Waals surface area contributed by atoms with Gasteiger partial charge in [0, 0.05) is 29.3 Å². The molecule has 10 heteroatoms. The van der Waals surface area contributed by atoms with Crippen molar-refractivity contribution in [3.05, 3.63) is 63.2 Å². The van der Waals surface area contributed by atoms with E-state index in [0.717, 1.165) is 22.9 Å². The second-order valence-electron chi connectivity index (χ2n) is 6.03. The quantitative estimate of drug-likeness (QED) is 0.352. The highest BCUT2D eigenvalue weighted by atomic mass is 35.5. The van der Waals surface area contributed by atoms with Gasteiger partial charge in [0.2, 0.25) is 11.8 Å². The summed E-state index contributed by atoms with van der Waals surface area (Å²) in [5.74, 6) is 0.258. The van der Waals surface area contributed by atoms with Gasteiger partial charge in [-0.3, -0.25) is 14.9 Å². The molecule has 0 saturated heterocycles. The largest absolute Gasteiger partial charge is 0.411 e. The van der Waals surface area contributed by atoms with Crippen molar-refractivity contribution in [3.8, 4) is 11.5 Å². The number of carbonyl (C=O) groups excluding carboxylic acids is 1. The van der Waals surface area contributed by atoms with E-state index >= 15 is 0 Å². The summed E-state index contributed by atoms with van der Waals surface area (Å²) in [4.78, 5) is 24.7. The average Bonchev–Trinajstić information content (AvgIpc) is 3.33. The second-order valence-corrected chi connectivity index (χ2v) is 7.40. The van der Waals surface area contributed by atoms with Crippen molar-refractivity contribution in [2.75, 3.05) is 17.2 Å². The maximum Gasteiger partial charge on any atom is 0.277 e. The van der Waals surface area contributed by atoms with E-state index in [0.29, 0.717) is 29.6 Å². The Morgan fingerprint density at radius 2 is 2.04 bits per heavy atom. The normalized spacial score (nSPS) is 12.8. The monoisotopic (exact) mass is 416 g/mol. The first-order valence-electron chi connectivity index (χ1n) is 8.31. The average molecular weight is 417 g/mol. The van der Waals surface area contributed by atoms with Gasteiger partial charge in [0.1, 0.15) is 0 Å². The van der Waals surface area contributed by atoms with Crippen molar-refractivity contribution in [1.29, 1.82) is 0 Å². The van der Waals surface area contributed by atoms with Gasteiger partial charge in [0.25, 0.3) is 10.9 Å². The van der Waals surface area contributed by atoms with Crippen LogP contribution in [0.15, 0.2) is 52.1 Å². The molecule has 3 aromatic rings. The van der Waals surface area contributed by atoms with E-state index in [2.05, 4.69) is 10.2 Å². The molecule has 8 nitrogen and oxygen atoms in total. The number of non-ortho nitro benzene ring substituents is 1. The number of amides is 1. The molecule has 2 aromatic carbocycles. The molecule has 0 unspecified atom stereocenters. The molecule has 0 atom stereocenters. The molecule has 0 aliphatic carbocycles. The molecule has 2 heterocycles. The van der Waals surface area contributed by atoms with Crippen LogP contribution in [0.2, 0.25) is 5.02 Å². The molecule has 28 heavy (non-hydrogen) atoms. The summed E-state index contributed by atoms with van der Waals surface area (Å²) in [7, 11) is 0. The molecular formula is C18H13ClN4O4S. The summed E-state index contributed by atoms with van der Waals surface area (Å²) in [6, 6.07) is 11.6. The highest BCUT2D eigenvalue weighted by Gasteiger charge is 2.27. The third-order valence-electron chi connectivity index (χ3n) is 4.29. The Morgan fingerprint density at radius 1 is 1.25 bits per heavy atom. The van der Waals surface area contributed by atoms with Crippen LogP contribution in [0.5, 0.6) is 0 Å². The van der Waals surface area contributed by atoms with E-state index in [9.17, 15) is 14.9 Å². The number of benzene rings is 2. The molecular weight excluding hydrogens is 404 g/mol. The van der Waals surface area contributed by atoms with Crippen molar-refractivity contribution in [2.45, 2.75) is 11.6 Å². The van der Waals surface area contributed by atoms with E-state index in [1.807, 2.05) is 0 Å². The number of fused-ring (bicyclic) bond motifs is 1. The molecule has 4 rings (SSSR count).